The predicted molar refractivity (Wildman–Crippen MR) is 150 cm³/mol. The zero-order chi connectivity index (χ0) is 29.0. The van der Waals surface area contributed by atoms with Crippen LogP contribution in [0, 0.1) is 6.92 Å². The van der Waals surface area contributed by atoms with Crippen molar-refractivity contribution in [3.05, 3.63) is 81.3 Å². The monoisotopic (exact) mass is 583 g/mol. The number of hydrogen-bond acceptors (Lipinski definition) is 7. The van der Waals surface area contributed by atoms with Gasteiger partial charge in [0.25, 0.3) is 17.7 Å². The summed E-state index contributed by atoms with van der Waals surface area (Å²) in [6.07, 6.45) is 1.27. The van der Waals surface area contributed by atoms with Crippen LogP contribution in [-0.4, -0.2) is 44.6 Å². The Labute approximate surface area is 239 Å². The summed E-state index contributed by atoms with van der Waals surface area (Å²) in [5, 5.41) is 5.23. The summed E-state index contributed by atoms with van der Waals surface area (Å²) in [6.45, 7) is 1.33. The molecule has 1 aliphatic heterocycles. The smallest absolute Gasteiger partial charge is 0.335 e. The number of nitrogens with zero attached hydrogens (tertiary/aromatic N) is 1. The molecule has 0 aromatic heterocycles. The van der Waals surface area contributed by atoms with E-state index in [2.05, 4.69) is 10.6 Å². The molecule has 4 rings (SSSR count). The zero-order valence-corrected chi connectivity index (χ0v) is 23.1. The Morgan fingerprint density at radius 2 is 1.73 bits per heavy atom. The fraction of sp³-hybridized carbons (Fsp3) is 0.143. The van der Waals surface area contributed by atoms with Gasteiger partial charge in [0.1, 0.15) is 11.3 Å². The lowest BCUT2D eigenvalue weighted by atomic mass is 10.1. The first-order valence-corrected chi connectivity index (χ1v) is 12.5. The highest BCUT2D eigenvalue weighted by atomic mass is 35.5. The van der Waals surface area contributed by atoms with Crippen LogP contribution in [0.15, 0.2) is 60.2 Å². The Hall–Kier alpha value is -4.54. The predicted octanol–water partition coefficient (Wildman–Crippen LogP) is 5.00. The first kappa shape index (κ1) is 28.5. The summed E-state index contributed by atoms with van der Waals surface area (Å²) in [6, 6.07) is 13.5. The largest absolute Gasteiger partial charge is 0.497 e. The van der Waals surface area contributed by atoms with Gasteiger partial charge in [-0.2, -0.15) is 0 Å². The van der Waals surface area contributed by atoms with Gasteiger partial charge >= 0.3 is 6.03 Å². The first-order valence-electron chi connectivity index (χ1n) is 11.7. The quantitative estimate of drug-likeness (QED) is 0.282. The fourth-order valence-electron chi connectivity index (χ4n) is 3.84. The Morgan fingerprint density at radius 1 is 1.00 bits per heavy atom. The fourth-order valence-corrected chi connectivity index (χ4v) is 4.28. The van der Waals surface area contributed by atoms with Crippen LogP contribution < -0.4 is 29.7 Å². The van der Waals surface area contributed by atoms with Crippen LogP contribution in [0.3, 0.4) is 0 Å². The topological polar surface area (TPSA) is 123 Å². The maximum absolute atomic E-state index is 13.3. The number of urea groups is 1. The van der Waals surface area contributed by atoms with Crippen LogP contribution >= 0.6 is 23.2 Å². The molecule has 0 atom stereocenters. The molecule has 0 unspecified atom stereocenters. The number of carbonyl (C=O) groups is 4. The van der Waals surface area contributed by atoms with E-state index < -0.39 is 23.8 Å². The number of halogens is 2. The number of benzene rings is 3. The third-order valence-electron chi connectivity index (χ3n) is 5.80. The second-order valence-corrected chi connectivity index (χ2v) is 9.33. The first-order chi connectivity index (χ1) is 19.1. The molecule has 206 valence electrons. The summed E-state index contributed by atoms with van der Waals surface area (Å²) in [5.74, 6) is -1.28. The Morgan fingerprint density at radius 3 is 2.40 bits per heavy atom. The van der Waals surface area contributed by atoms with Crippen LogP contribution in [0.2, 0.25) is 10.0 Å². The highest BCUT2D eigenvalue weighted by Gasteiger charge is 2.37. The zero-order valence-electron chi connectivity index (χ0n) is 21.5. The molecule has 1 fully saturated rings. The van der Waals surface area contributed by atoms with Gasteiger partial charge in [-0.25, -0.2) is 9.69 Å². The maximum atomic E-state index is 13.3. The molecule has 0 radical (unpaired) electrons. The van der Waals surface area contributed by atoms with Crippen molar-refractivity contribution in [1.29, 1.82) is 0 Å². The summed E-state index contributed by atoms with van der Waals surface area (Å²) in [7, 11) is 2.91. The Kier molecular flexibility index (Phi) is 8.61. The molecule has 40 heavy (non-hydrogen) atoms. The second kappa shape index (κ2) is 12.1. The van der Waals surface area contributed by atoms with Crippen LogP contribution in [0.25, 0.3) is 6.08 Å². The average Bonchev–Trinajstić information content (AvgIpc) is 2.92. The molecule has 5 amide bonds. The van der Waals surface area contributed by atoms with Gasteiger partial charge in [-0.1, -0.05) is 29.3 Å². The van der Waals surface area contributed by atoms with E-state index in [-0.39, 0.29) is 34.4 Å². The van der Waals surface area contributed by atoms with Crippen LogP contribution in [-0.2, 0) is 14.4 Å². The number of carbonyl (C=O) groups excluding carboxylic acids is 4. The summed E-state index contributed by atoms with van der Waals surface area (Å²) >= 11 is 12.5. The lowest BCUT2D eigenvalue weighted by Crippen LogP contribution is -2.54. The van der Waals surface area contributed by atoms with Crippen molar-refractivity contribution in [2.24, 2.45) is 0 Å². The van der Waals surface area contributed by atoms with Gasteiger partial charge in [-0.3, -0.25) is 19.7 Å². The van der Waals surface area contributed by atoms with E-state index in [9.17, 15) is 19.2 Å². The average molecular weight is 584 g/mol. The molecule has 1 heterocycles. The molecule has 0 aliphatic carbocycles. The number of methoxy groups -OCH3 is 2. The number of hydrogen-bond donors (Lipinski definition) is 2. The van der Waals surface area contributed by atoms with Crippen LogP contribution in [0.4, 0.5) is 16.2 Å². The summed E-state index contributed by atoms with van der Waals surface area (Å²) < 4.78 is 16.1. The van der Waals surface area contributed by atoms with E-state index >= 15 is 0 Å². The minimum atomic E-state index is -0.898. The number of barbiturate groups is 1. The van der Waals surface area contributed by atoms with Crippen LogP contribution in [0.1, 0.15) is 11.1 Å². The number of anilines is 2. The summed E-state index contributed by atoms with van der Waals surface area (Å²) in [5.41, 5.74) is 1.38. The molecule has 0 saturated carbocycles. The molecule has 1 saturated heterocycles. The molecule has 3 aromatic rings. The maximum Gasteiger partial charge on any atom is 0.335 e. The standard InChI is InChI=1S/C28H23Cl2N3O7/c1-15-4-5-17(29)13-22(15)33-27(36)20(26(35)32-28(33)37)10-16-11-21(30)25(23(12-16)39-3)40-14-24(34)31-18-6-8-19(38-2)9-7-18/h4-13H,14H2,1-3H3,(H,31,34)(H,32,35,37)/b20-10+. The molecule has 10 nitrogen and oxygen atoms in total. The van der Waals surface area contributed by atoms with Crippen molar-refractivity contribution in [2.45, 2.75) is 6.92 Å². The number of amides is 5. The SMILES string of the molecule is COc1ccc(NC(=O)COc2c(Cl)cc(/C=C3\C(=O)NC(=O)N(c4cc(Cl)ccc4C)C3=O)cc2OC)cc1. The van der Waals surface area contributed by atoms with E-state index in [0.29, 0.717) is 27.6 Å². The normalized spacial score (nSPS) is 14.2. The van der Waals surface area contributed by atoms with Crippen molar-refractivity contribution < 1.29 is 33.4 Å². The van der Waals surface area contributed by atoms with Gasteiger partial charge in [-0.15, -0.1) is 0 Å². The van der Waals surface area contributed by atoms with Gasteiger partial charge in [0.05, 0.1) is 24.9 Å². The lowest BCUT2D eigenvalue weighted by Gasteiger charge is -2.27. The van der Waals surface area contributed by atoms with Crippen molar-refractivity contribution in [2.75, 3.05) is 31.0 Å². The van der Waals surface area contributed by atoms with E-state index in [0.717, 1.165) is 4.90 Å². The van der Waals surface area contributed by atoms with E-state index in [4.69, 9.17) is 37.4 Å². The minimum Gasteiger partial charge on any atom is -0.497 e. The number of aryl methyl sites for hydroxylation is 1. The van der Waals surface area contributed by atoms with Gasteiger partial charge < -0.3 is 19.5 Å². The summed E-state index contributed by atoms with van der Waals surface area (Å²) in [4.78, 5) is 51.7. The molecule has 12 heteroatoms. The molecule has 0 spiro atoms. The van der Waals surface area contributed by atoms with E-state index in [1.807, 2.05) is 0 Å². The van der Waals surface area contributed by atoms with E-state index in [1.54, 1.807) is 50.4 Å². The highest BCUT2D eigenvalue weighted by molar-refractivity contribution is 6.40. The van der Waals surface area contributed by atoms with Crippen molar-refractivity contribution in [3.63, 3.8) is 0 Å². The number of ether oxygens (including phenoxy) is 3. The van der Waals surface area contributed by atoms with Crippen molar-refractivity contribution >= 4 is 64.4 Å². The lowest BCUT2D eigenvalue weighted by molar-refractivity contribution is -0.122. The molecule has 0 bridgehead atoms. The minimum absolute atomic E-state index is 0.0609. The molecular formula is C28H23Cl2N3O7. The molecular weight excluding hydrogens is 561 g/mol. The number of rotatable bonds is 8. The van der Waals surface area contributed by atoms with Gasteiger partial charge in [-0.05, 0) is 72.7 Å². The Bertz CT molecular complexity index is 1540. The van der Waals surface area contributed by atoms with Gasteiger partial charge in [0.15, 0.2) is 18.1 Å². The van der Waals surface area contributed by atoms with Gasteiger partial charge in [0, 0.05) is 10.7 Å². The highest BCUT2D eigenvalue weighted by Crippen LogP contribution is 2.37. The second-order valence-electron chi connectivity index (χ2n) is 8.49. The third kappa shape index (κ3) is 6.19. The molecule has 3 aromatic carbocycles. The third-order valence-corrected chi connectivity index (χ3v) is 6.31. The number of imide groups is 2. The van der Waals surface area contributed by atoms with E-state index in [1.165, 1.54) is 31.4 Å². The number of nitrogens with one attached hydrogen (secondary N) is 2. The van der Waals surface area contributed by atoms with Crippen molar-refractivity contribution in [1.82, 2.24) is 5.32 Å². The Balaban J connectivity index is 1.55. The van der Waals surface area contributed by atoms with Crippen molar-refractivity contribution in [3.8, 4) is 17.2 Å². The van der Waals surface area contributed by atoms with Gasteiger partial charge in [0.2, 0.25) is 0 Å². The van der Waals surface area contributed by atoms with Crippen LogP contribution in [0.5, 0.6) is 17.2 Å². The molecule has 2 N–H and O–H groups in total. The molecule has 1 aliphatic rings.